The fraction of sp³-hybridized carbons (Fsp3) is 0.462. The van der Waals surface area contributed by atoms with Crippen LogP contribution in [0.4, 0.5) is 17.3 Å². The van der Waals surface area contributed by atoms with E-state index >= 15 is 0 Å². The Hall–Kier alpha value is -2.86. The molecule has 2 fully saturated rings. The highest BCUT2D eigenvalue weighted by atomic mass is 16.5. The van der Waals surface area contributed by atoms with Crippen molar-refractivity contribution in [1.82, 2.24) is 15.3 Å². The Morgan fingerprint density at radius 2 is 1.88 bits per heavy atom. The highest BCUT2D eigenvalue weighted by Crippen LogP contribution is 2.43. The second-order valence-electron chi connectivity index (χ2n) is 9.01. The molecule has 1 aliphatic heterocycles. The molecule has 6 heteroatoms. The first kappa shape index (κ1) is 21.0. The van der Waals surface area contributed by atoms with Crippen molar-refractivity contribution in [2.75, 3.05) is 43.5 Å². The Morgan fingerprint density at radius 3 is 2.66 bits per heavy atom. The Morgan fingerprint density at radius 1 is 1.06 bits per heavy atom. The van der Waals surface area contributed by atoms with E-state index in [1.54, 1.807) is 7.11 Å². The van der Waals surface area contributed by atoms with E-state index in [2.05, 4.69) is 57.8 Å². The van der Waals surface area contributed by atoms with Gasteiger partial charge in [0.05, 0.1) is 12.6 Å². The van der Waals surface area contributed by atoms with Crippen LogP contribution in [0.1, 0.15) is 49.1 Å². The number of hydrogen-bond donors (Lipinski definition) is 2. The fourth-order valence-corrected chi connectivity index (χ4v) is 5.17. The van der Waals surface area contributed by atoms with Gasteiger partial charge in [-0.1, -0.05) is 12.8 Å². The summed E-state index contributed by atoms with van der Waals surface area (Å²) in [6, 6.07) is 10.8. The second-order valence-corrected chi connectivity index (χ2v) is 9.01. The summed E-state index contributed by atoms with van der Waals surface area (Å²) in [4.78, 5) is 12.1. The van der Waals surface area contributed by atoms with Crippen LogP contribution in [0, 0.1) is 6.92 Å². The topological polar surface area (TPSA) is 62.3 Å². The Bertz CT molecular complexity index is 1070. The zero-order valence-electron chi connectivity index (χ0n) is 19.2. The number of ether oxygens (including phenoxy) is 1. The Labute approximate surface area is 190 Å². The van der Waals surface area contributed by atoms with E-state index in [1.807, 2.05) is 6.20 Å². The van der Waals surface area contributed by atoms with Crippen LogP contribution in [-0.2, 0) is 0 Å². The molecule has 0 atom stereocenters. The van der Waals surface area contributed by atoms with Gasteiger partial charge in [0.25, 0.3) is 0 Å². The van der Waals surface area contributed by atoms with Crippen molar-refractivity contribution in [2.45, 2.75) is 44.9 Å². The molecular formula is C26H33N5O. The predicted molar refractivity (Wildman–Crippen MR) is 131 cm³/mol. The summed E-state index contributed by atoms with van der Waals surface area (Å²) in [5.74, 6) is 2.11. The van der Waals surface area contributed by atoms with Gasteiger partial charge in [-0.05, 0) is 74.5 Å². The van der Waals surface area contributed by atoms with Crippen molar-refractivity contribution in [1.29, 1.82) is 0 Å². The minimum absolute atomic E-state index is 0.512. The Balaban J connectivity index is 1.43. The lowest BCUT2D eigenvalue weighted by atomic mass is 9.92. The number of aromatic nitrogens is 2. The van der Waals surface area contributed by atoms with Crippen LogP contribution in [0.15, 0.2) is 36.5 Å². The van der Waals surface area contributed by atoms with Gasteiger partial charge >= 0.3 is 0 Å². The maximum Gasteiger partial charge on any atom is 0.227 e. The summed E-state index contributed by atoms with van der Waals surface area (Å²) in [5.41, 5.74) is 5.70. The van der Waals surface area contributed by atoms with Gasteiger partial charge < -0.3 is 20.3 Å². The van der Waals surface area contributed by atoms with Crippen molar-refractivity contribution in [3.8, 4) is 5.75 Å². The van der Waals surface area contributed by atoms with Crippen LogP contribution in [0.25, 0.3) is 10.9 Å². The highest BCUT2D eigenvalue weighted by molar-refractivity contribution is 5.88. The maximum absolute atomic E-state index is 5.79. The number of rotatable bonds is 5. The molecule has 2 aliphatic rings. The first-order valence-electron chi connectivity index (χ1n) is 11.9. The van der Waals surface area contributed by atoms with E-state index in [4.69, 9.17) is 9.72 Å². The molecule has 3 aromatic rings. The summed E-state index contributed by atoms with van der Waals surface area (Å²) in [5, 5.41) is 8.00. The molecule has 1 saturated heterocycles. The third kappa shape index (κ3) is 4.24. The third-order valence-electron chi connectivity index (χ3n) is 6.89. The lowest BCUT2D eigenvalue weighted by Crippen LogP contribution is -2.27. The molecule has 2 N–H and O–H groups in total. The minimum atomic E-state index is 0.512. The van der Waals surface area contributed by atoms with Crippen molar-refractivity contribution in [3.05, 3.63) is 47.7 Å². The summed E-state index contributed by atoms with van der Waals surface area (Å²) < 4.78 is 5.79. The van der Waals surface area contributed by atoms with E-state index in [0.717, 1.165) is 54.1 Å². The molecule has 32 heavy (non-hydrogen) atoms. The van der Waals surface area contributed by atoms with Crippen molar-refractivity contribution in [2.24, 2.45) is 0 Å². The largest absolute Gasteiger partial charge is 0.496 e. The molecule has 0 radical (unpaired) electrons. The van der Waals surface area contributed by atoms with Gasteiger partial charge in [-0.3, -0.25) is 0 Å². The molecular weight excluding hydrogens is 398 g/mol. The van der Waals surface area contributed by atoms with Gasteiger partial charge in [0.15, 0.2) is 0 Å². The van der Waals surface area contributed by atoms with Crippen molar-refractivity contribution < 1.29 is 4.74 Å². The molecule has 1 aliphatic carbocycles. The predicted octanol–water partition coefficient (Wildman–Crippen LogP) is 5.15. The average molecular weight is 432 g/mol. The highest BCUT2D eigenvalue weighted by Gasteiger charge is 2.25. The molecule has 168 valence electrons. The molecule has 0 bridgehead atoms. The minimum Gasteiger partial charge on any atom is -0.496 e. The van der Waals surface area contributed by atoms with Gasteiger partial charge in [0, 0.05) is 48.2 Å². The number of anilines is 3. The van der Waals surface area contributed by atoms with Crippen molar-refractivity contribution >= 4 is 28.2 Å². The number of benzene rings is 2. The molecule has 6 nitrogen and oxygen atoms in total. The number of methoxy groups -OCH3 is 1. The van der Waals surface area contributed by atoms with E-state index in [9.17, 15) is 0 Å². The summed E-state index contributed by atoms with van der Waals surface area (Å²) in [7, 11) is 1.77. The first-order chi connectivity index (χ1) is 15.7. The summed E-state index contributed by atoms with van der Waals surface area (Å²) in [6.45, 7) is 6.39. The van der Waals surface area contributed by atoms with Crippen molar-refractivity contribution in [3.63, 3.8) is 0 Å². The smallest absolute Gasteiger partial charge is 0.227 e. The maximum atomic E-state index is 5.79. The van der Waals surface area contributed by atoms with Gasteiger partial charge in [-0.2, -0.15) is 0 Å². The number of nitrogens with one attached hydrogen (secondary N) is 2. The SMILES string of the molecule is COc1cc(C)c2cnc(Nc3ccc(N4CCCNCC4)cc3)nc2c1C1CCCC1. The van der Waals surface area contributed by atoms with E-state index in [0.29, 0.717) is 11.9 Å². The number of fused-ring (bicyclic) bond motifs is 1. The van der Waals surface area contributed by atoms with E-state index in [-0.39, 0.29) is 0 Å². The summed E-state index contributed by atoms with van der Waals surface area (Å²) >= 11 is 0. The molecule has 0 amide bonds. The molecule has 0 unspecified atom stereocenters. The molecule has 1 saturated carbocycles. The Kier molecular flexibility index (Phi) is 6.12. The second kappa shape index (κ2) is 9.33. The summed E-state index contributed by atoms with van der Waals surface area (Å²) in [6.07, 6.45) is 8.09. The standard InChI is InChI=1S/C26H33N5O/c1-18-16-23(32-2)24(19-6-3-4-7-19)25-22(18)17-28-26(30-25)29-20-8-10-21(11-9-20)31-14-5-12-27-13-15-31/h8-11,16-17,19,27H,3-7,12-15H2,1-2H3,(H,28,29,30). The van der Waals surface area contributed by atoms with Gasteiger partial charge in [0.2, 0.25) is 5.95 Å². The molecule has 0 spiro atoms. The molecule has 2 aromatic carbocycles. The monoisotopic (exact) mass is 431 g/mol. The van der Waals surface area contributed by atoms with Crippen LogP contribution in [0.2, 0.25) is 0 Å². The van der Waals surface area contributed by atoms with Crippen LogP contribution < -0.4 is 20.3 Å². The lowest BCUT2D eigenvalue weighted by molar-refractivity contribution is 0.406. The average Bonchev–Trinajstić information content (AvgIpc) is 3.20. The van der Waals surface area contributed by atoms with E-state index in [1.165, 1.54) is 43.4 Å². The number of aryl methyl sites for hydroxylation is 1. The quantitative estimate of drug-likeness (QED) is 0.583. The van der Waals surface area contributed by atoms with Crippen LogP contribution in [-0.4, -0.2) is 43.3 Å². The fourth-order valence-electron chi connectivity index (χ4n) is 5.17. The normalized spacial score (nSPS) is 17.5. The number of nitrogens with zero attached hydrogens (tertiary/aromatic N) is 3. The van der Waals surface area contributed by atoms with Gasteiger partial charge in [-0.25, -0.2) is 9.97 Å². The van der Waals surface area contributed by atoms with Gasteiger partial charge in [-0.15, -0.1) is 0 Å². The van der Waals surface area contributed by atoms with Crippen LogP contribution >= 0.6 is 0 Å². The van der Waals surface area contributed by atoms with Gasteiger partial charge in [0.1, 0.15) is 5.75 Å². The molecule has 5 rings (SSSR count). The third-order valence-corrected chi connectivity index (χ3v) is 6.89. The lowest BCUT2D eigenvalue weighted by Gasteiger charge is -2.22. The first-order valence-corrected chi connectivity index (χ1v) is 11.9. The van der Waals surface area contributed by atoms with Crippen LogP contribution in [0.5, 0.6) is 5.75 Å². The molecule has 1 aromatic heterocycles. The van der Waals surface area contributed by atoms with Crippen LogP contribution in [0.3, 0.4) is 0 Å². The number of hydrogen-bond acceptors (Lipinski definition) is 6. The molecule has 2 heterocycles. The zero-order chi connectivity index (χ0) is 21.9. The van der Waals surface area contributed by atoms with E-state index < -0.39 is 0 Å². The zero-order valence-corrected chi connectivity index (χ0v) is 19.2.